The number of nitrogens with one attached hydrogen (secondary N) is 1. The first kappa shape index (κ1) is 20.9. The predicted molar refractivity (Wildman–Crippen MR) is 117 cm³/mol. The molecule has 152 valence electrons. The first-order chi connectivity index (χ1) is 13.8. The average Bonchev–Trinajstić information content (AvgIpc) is 3.20. The molecular formula is C21H22N2O4S2. The van der Waals surface area contributed by atoms with Gasteiger partial charge in [-0.05, 0) is 67.3 Å². The normalized spacial score (nSPS) is 11.1. The maximum atomic E-state index is 13.1. The van der Waals surface area contributed by atoms with E-state index in [1.54, 1.807) is 47.8 Å². The van der Waals surface area contributed by atoms with Crippen LogP contribution in [0.15, 0.2) is 64.9 Å². The number of rotatable bonds is 7. The number of hydrogen-bond donors (Lipinski definition) is 1. The van der Waals surface area contributed by atoms with Gasteiger partial charge in [0.05, 0.1) is 12.3 Å². The van der Waals surface area contributed by atoms with Gasteiger partial charge in [0.1, 0.15) is 15.5 Å². The SMILES string of the molecule is CCOc1ccc(NC(=O)c2sccc2S(=O)(=O)N(C)c2cccc(C)c2)cc1. The van der Waals surface area contributed by atoms with Crippen LogP contribution in [0.2, 0.25) is 0 Å². The number of anilines is 2. The third kappa shape index (κ3) is 4.60. The molecule has 0 saturated heterocycles. The third-order valence-electron chi connectivity index (χ3n) is 4.26. The topological polar surface area (TPSA) is 75.7 Å². The summed E-state index contributed by atoms with van der Waals surface area (Å²) in [7, 11) is -2.40. The lowest BCUT2D eigenvalue weighted by atomic mass is 10.2. The maximum absolute atomic E-state index is 13.1. The van der Waals surface area contributed by atoms with E-state index in [2.05, 4.69) is 5.32 Å². The fraction of sp³-hybridized carbons (Fsp3) is 0.190. The Bertz CT molecular complexity index is 1110. The largest absolute Gasteiger partial charge is 0.494 e. The van der Waals surface area contributed by atoms with E-state index in [1.165, 1.54) is 17.4 Å². The van der Waals surface area contributed by atoms with Gasteiger partial charge in [0.25, 0.3) is 15.9 Å². The van der Waals surface area contributed by atoms with Gasteiger partial charge < -0.3 is 10.1 Å². The van der Waals surface area contributed by atoms with Crippen LogP contribution in [-0.2, 0) is 10.0 Å². The molecule has 29 heavy (non-hydrogen) atoms. The van der Waals surface area contributed by atoms with Crippen LogP contribution in [-0.4, -0.2) is 28.0 Å². The van der Waals surface area contributed by atoms with Crippen LogP contribution in [0.1, 0.15) is 22.2 Å². The van der Waals surface area contributed by atoms with Crippen molar-refractivity contribution in [3.8, 4) is 5.75 Å². The van der Waals surface area contributed by atoms with E-state index in [-0.39, 0.29) is 9.77 Å². The van der Waals surface area contributed by atoms with Gasteiger partial charge >= 0.3 is 0 Å². The summed E-state index contributed by atoms with van der Waals surface area (Å²) in [5.74, 6) is 0.227. The first-order valence-electron chi connectivity index (χ1n) is 9.00. The fourth-order valence-electron chi connectivity index (χ4n) is 2.77. The second-order valence-electron chi connectivity index (χ2n) is 6.34. The molecule has 1 N–H and O–H groups in total. The zero-order valence-electron chi connectivity index (χ0n) is 16.4. The number of nitrogens with zero attached hydrogens (tertiary/aromatic N) is 1. The Morgan fingerprint density at radius 3 is 2.52 bits per heavy atom. The van der Waals surface area contributed by atoms with Crippen LogP contribution in [0.3, 0.4) is 0 Å². The van der Waals surface area contributed by atoms with Crippen LogP contribution in [0.25, 0.3) is 0 Å². The van der Waals surface area contributed by atoms with E-state index in [4.69, 9.17) is 4.74 Å². The lowest BCUT2D eigenvalue weighted by Crippen LogP contribution is -2.28. The van der Waals surface area contributed by atoms with E-state index in [0.717, 1.165) is 16.9 Å². The van der Waals surface area contributed by atoms with Crippen molar-refractivity contribution in [3.63, 3.8) is 0 Å². The molecular weight excluding hydrogens is 408 g/mol. The molecule has 3 aromatic rings. The molecule has 0 fully saturated rings. The van der Waals surface area contributed by atoms with Gasteiger partial charge in [0.15, 0.2) is 0 Å². The second kappa shape index (κ2) is 8.67. The Balaban J connectivity index is 1.84. The molecule has 0 aliphatic heterocycles. The molecule has 1 amide bonds. The summed E-state index contributed by atoms with van der Waals surface area (Å²) in [4.78, 5) is 12.9. The van der Waals surface area contributed by atoms with Crippen LogP contribution >= 0.6 is 11.3 Å². The molecule has 0 atom stereocenters. The number of benzene rings is 2. The molecule has 0 unspecified atom stereocenters. The summed E-state index contributed by atoms with van der Waals surface area (Å²) in [5, 5.41) is 4.35. The lowest BCUT2D eigenvalue weighted by Gasteiger charge is -2.20. The Morgan fingerprint density at radius 2 is 1.86 bits per heavy atom. The van der Waals surface area contributed by atoms with Crippen LogP contribution < -0.4 is 14.4 Å². The van der Waals surface area contributed by atoms with Gasteiger partial charge in [-0.15, -0.1) is 11.3 Å². The number of amides is 1. The quantitative estimate of drug-likeness (QED) is 0.597. The molecule has 0 aliphatic carbocycles. The predicted octanol–water partition coefficient (Wildman–Crippen LogP) is 4.53. The summed E-state index contributed by atoms with van der Waals surface area (Å²) >= 11 is 1.09. The number of carbonyl (C=O) groups excluding carboxylic acids is 1. The third-order valence-corrected chi connectivity index (χ3v) is 7.13. The van der Waals surface area contributed by atoms with Gasteiger partial charge in [-0.25, -0.2) is 8.42 Å². The van der Waals surface area contributed by atoms with Crippen LogP contribution in [0.5, 0.6) is 5.75 Å². The Kier molecular flexibility index (Phi) is 6.24. The highest BCUT2D eigenvalue weighted by atomic mass is 32.2. The highest BCUT2D eigenvalue weighted by Crippen LogP contribution is 2.29. The highest BCUT2D eigenvalue weighted by molar-refractivity contribution is 7.93. The Labute approximate surface area is 174 Å². The summed E-state index contributed by atoms with van der Waals surface area (Å²) in [6.07, 6.45) is 0. The van der Waals surface area contributed by atoms with E-state index in [9.17, 15) is 13.2 Å². The average molecular weight is 431 g/mol. The standard InChI is InChI=1S/C21H22N2O4S2/c1-4-27-18-10-8-16(9-11-18)22-21(24)20-19(12-13-28-20)29(25,26)23(3)17-7-5-6-15(2)14-17/h5-14H,4H2,1-3H3,(H,22,24). The van der Waals surface area contributed by atoms with E-state index in [1.807, 2.05) is 19.9 Å². The van der Waals surface area contributed by atoms with E-state index < -0.39 is 15.9 Å². The van der Waals surface area contributed by atoms with Crippen LogP contribution in [0.4, 0.5) is 11.4 Å². The minimum Gasteiger partial charge on any atom is -0.494 e. The number of sulfonamides is 1. The molecule has 0 saturated carbocycles. The van der Waals surface area contributed by atoms with Crippen molar-refractivity contribution in [2.45, 2.75) is 18.7 Å². The molecule has 0 radical (unpaired) electrons. The molecule has 1 heterocycles. The highest BCUT2D eigenvalue weighted by Gasteiger charge is 2.28. The molecule has 0 bridgehead atoms. The molecule has 8 heteroatoms. The van der Waals surface area contributed by atoms with E-state index >= 15 is 0 Å². The fourth-order valence-corrected chi connectivity index (χ4v) is 5.25. The van der Waals surface area contributed by atoms with Gasteiger partial charge in [-0.1, -0.05) is 12.1 Å². The first-order valence-corrected chi connectivity index (χ1v) is 11.3. The summed E-state index contributed by atoms with van der Waals surface area (Å²) in [6, 6.07) is 15.6. The second-order valence-corrected chi connectivity index (χ2v) is 9.19. The van der Waals surface area contributed by atoms with Crippen LogP contribution in [0, 0.1) is 6.92 Å². The molecule has 6 nitrogen and oxygen atoms in total. The van der Waals surface area contributed by atoms with Gasteiger partial charge in [0.2, 0.25) is 0 Å². The minimum atomic E-state index is -3.88. The molecule has 0 aliphatic rings. The van der Waals surface area contributed by atoms with Crippen molar-refractivity contribution in [1.82, 2.24) is 0 Å². The Hall–Kier alpha value is -2.84. The van der Waals surface area contributed by atoms with Crippen molar-refractivity contribution >= 4 is 38.6 Å². The van der Waals surface area contributed by atoms with Gasteiger partial charge in [0, 0.05) is 12.7 Å². The van der Waals surface area contributed by atoms with Gasteiger partial charge in [-0.2, -0.15) is 0 Å². The number of ether oxygens (including phenoxy) is 1. The van der Waals surface area contributed by atoms with Crippen molar-refractivity contribution in [2.24, 2.45) is 0 Å². The van der Waals surface area contributed by atoms with Crippen molar-refractivity contribution in [3.05, 3.63) is 70.4 Å². The molecule has 3 rings (SSSR count). The molecule has 1 aromatic heterocycles. The molecule has 0 spiro atoms. The number of thiophene rings is 1. The number of hydrogen-bond acceptors (Lipinski definition) is 5. The molecule has 2 aromatic carbocycles. The maximum Gasteiger partial charge on any atom is 0.267 e. The monoisotopic (exact) mass is 430 g/mol. The smallest absolute Gasteiger partial charge is 0.267 e. The zero-order chi connectivity index (χ0) is 21.0. The Morgan fingerprint density at radius 1 is 1.14 bits per heavy atom. The van der Waals surface area contributed by atoms with Crippen molar-refractivity contribution in [1.29, 1.82) is 0 Å². The van der Waals surface area contributed by atoms with E-state index in [0.29, 0.717) is 23.7 Å². The minimum absolute atomic E-state index is 0.0186. The van der Waals surface area contributed by atoms with Crippen molar-refractivity contribution in [2.75, 3.05) is 23.3 Å². The number of aryl methyl sites for hydroxylation is 1. The summed E-state index contributed by atoms with van der Waals surface area (Å²) in [6.45, 7) is 4.34. The lowest BCUT2D eigenvalue weighted by molar-refractivity contribution is 0.102. The summed E-state index contributed by atoms with van der Waals surface area (Å²) in [5.41, 5.74) is 2.04. The number of carbonyl (C=O) groups is 1. The zero-order valence-corrected chi connectivity index (χ0v) is 18.0. The van der Waals surface area contributed by atoms with Crippen molar-refractivity contribution < 1.29 is 17.9 Å². The summed E-state index contributed by atoms with van der Waals surface area (Å²) < 4.78 is 32.8. The van der Waals surface area contributed by atoms with Gasteiger partial charge in [-0.3, -0.25) is 9.10 Å².